The average molecular weight is 299 g/mol. The minimum atomic E-state index is -0.119. The number of carbonyl (C=O) groups excluding carboxylic acids is 1. The summed E-state index contributed by atoms with van der Waals surface area (Å²) in [6, 6.07) is 3.53. The van der Waals surface area contributed by atoms with E-state index >= 15 is 0 Å². The molecule has 0 radical (unpaired) electrons. The maximum Gasteiger partial charge on any atom is 0.269 e. The second-order valence-corrected chi connectivity index (χ2v) is 6.10. The molecule has 94 valence electrons. The zero-order chi connectivity index (χ0) is 13.1. The maximum atomic E-state index is 11.8. The van der Waals surface area contributed by atoms with Crippen molar-refractivity contribution in [3.63, 3.8) is 0 Å². The van der Waals surface area contributed by atoms with Crippen molar-refractivity contribution >= 4 is 21.8 Å². The molecule has 4 heteroatoms. The molecule has 0 atom stereocenters. The molecule has 0 saturated carbocycles. The molecular formula is C13H19BrN2O. The van der Waals surface area contributed by atoms with Crippen LogP contribution in [0.4, 0.5) is 0 Å². The van der Waals surface area contributed by atoms with Crippen LogP contribution in [0.1, 0.15) is 38.2 Å². The third kappa shape index (κ3) is 4.11. The number of nitrogens with zero attached hydrogens (tertiary/aromatic N) is 1. The molecule has 0 spiro atoms. The molecule has 17 heavy (non-hydrogen) atoms. The van der Waals surface area contributed by atoms with Crippen molar-refractivity contribution in [2.45, 2.75) is 27.7 Å². The molecule has 0 aliphatic rings. The zero-order valence-corrected chi connectivity index (χ0v) is 12.3. The largest absolute Gasteiger partial charge is 0.350 e. The zero-order valence-electron chi connectivity index (χ0n) is 10.7. The highest BCUT2D eigenvalue weighted by Crippen LogP contribution is 2.24. The van der Waals surface area contributed by atoms with Crippen LogP contribution in [0, 0.1) is 11.3 Å². The van der Waals surface area contributed by atoms with Crippen LogP contribution in [0.25, 0.3) is 0 Å². The first kappa shape index (κ1) is 14.2. The summed E-state index contributed by atoms with van der Waals surface area (Å²) in [4.78, 5) is 15.9. The van der Waals surface area contributed by atoms with Crippen LogP contribution in [-0.4, -0.2) is 17.4 Å². The molecule has 1 aromatic rings. The number of amides is 1. The van der Waals surface area contributed by atoms with Crippen LogP contribution in [0.2, 0.25) is 0 Å². The lowest BCUT2D eigenvalue weighted by atomic mass is 9.81. The third-order valence-electron chi connectivity index (χ3n) is 3.23. The number of rotatable bonds is 4. The lowest BCUT2D eigenvalue weighted by Crippen LogP contribution is -2.37. The highest BCUT2D eigenvalue weighted by molar-refractivity contribution is 9.10. The fourth-order valence-corrected chi connectivity index (χ4v) is 1.35. The number of aromatic nitrogens is 1. The Kier molecular flexibility index (Phi) is 4.69. The predicted molar refractivity (Wildman–Crippen MR) is 72.9 cm³/mol. The summed E-state index contributed by atoms with van der Waals surface area (Å²) in [5, 5.41) is 2.92. The SMILES string of the molecule is CC(C)C(C)(C)CNC(=O)c1ccc(Br)cn1. The van der Waals surface area contributed by atoms with E-state index in [0.29, 0.717) is 18.2 Å². The number of nitrogens with one attached hydrogen (secondary N) is 1. The van der Waals surface area contributed by atoms with Gasteiger partial charge in [0.25, 0.3) is 5.91 Å². The van der Waals surface area contributed by atoms with Crippen molar-refractivity contribution in [3.8, 4) is 0 Å². The summed E-state index contributed by atoms with van der Waals surface area (Å²) in [5.41, 5.74) is 0.540. The molecule has 0 unspecified atom stereocenters. The summed E-state index contributed by atoms with van der Waals surface area (Å²) < 4.78 is 0.872. The minimum Gasteiger partial charge on any atom is -0.350 e. The van der Waals surface area contributed by atoms with Gasteiger partial charge in [-0.3, -0.25) is 4.79 Å². The van der Waals surface area contributed by atoms with Crippen molar-refractivity contribution in [3.05, 3.63) is 28.5 Å². The summed E-state index contributed by atoms with van der Waals surface area (Å²) in [6.45, 7) is 9.26. The Labute approximate surface area is 111 Å². The third-order valence-corrected chi connectivity index (χ3v) is 3.70. The number of carbonyl (C=O) groups is 1. The van der Waals surface area contributed by atoms with E-state index in [1.54, 1.807) is 12.3 Å². The van der Waals surface area contributed by atoms with Gasteiger partial charge in [0.15, 0.2) is 0 Å². The van der Waals surface area contributed by atoms with E-state index in [2.05, 4.69) is 53.9 Å². The topological polar surface area (TPSA) is 42.0 Å². The van der Waals surface area contributed by atoms with Crippen LogP contribution in [0.5, 0.6) is 0 Å². The van der Waals surface area contributed by atoms with Gasteiger partial charge in [0.1, 0.15) is 5.69 Å². The van der Waals surface area contributed by atoms with Gasteiger partial charge < -0.3 is 5.32 Å². The molecule has 0 aliphatic heterocycles. The average Bonchev–Trinajstić information content (AvgIpc) is 2.27. The van der Waals surface area contributed by atoms with Crippen LogP contribution in [0.15, 0.2) is 22.8 Å². The Bertz CT molecular complexity index is 385. The van der Waals surface area contributed by atoms with Crippen LogP contribution in [-0.2, 0) is 0 Å². The lowest BCUT2D eigenvalue weighted by Gasteiger charge is -2.29. The fourth-order valence-electron chi connectivity index (χ4n) is 1.11. The number of pyridine rings is 1. The van der Waals surface area contributed by atoms with E-state index in [9.17, 15) is 4.79 Å². The van der Waals surface area contributed by atoms with E-state index in [-0.39, 0.29) is 11.3 Å². The highest BCUT2D eigenvalue weighted by Gasteiger charge is 2.23. The van der Waals surface area contributed by atoms with Crippen molar-refractivity contribution in [2.75, 3.05) is 6.54 Å². The fraction of sp³-hybridized carbons (Fsp3) is 0.538. The Morgan fingerprint density at radius 2 is 2.12 bits per heavy atom. The molecule has 3 nitrogen and oxygen atoms in total. The van der Waals surface area contributed by atoms with Gasteiger partial charge in [-0.05, 0) is 39.4 Å². The van der Waals surface area contributed by atoms with Gasteiger partial charge in [-0.1, -0.05) is 27.7 Å². The molecule has 0 fully saturated rings. The molecule has 1 aromatic heterocycles. The van der Waals surface area contributed by atoms with Crippen molar-refractivity contribution in [2.24, 2.45) is 11.3 Å². The van der Waals surface area contributed by atoms with Gasteiger partial charge in [0.05, 0.1) is 0 Å². The Hall–Kier alpha value is -0.900. The molecule has 0 bridgehead atoms. The molecular weight excluding hydrogens is 280 g/mol. The second-order valence-electron chi connectivity index (χ2n) is 5.19. The monoisotopic (exact) mass is 298 g/mol. The van der Waals surface area contributed by atoms with E-state index in [1.165, 1.54) is 0 Å². The smallest absolute Gasteiger partial charge is 0.269 e. The number of hydrogen-bond donors (Lipinski definition) is 1. The number of hydrogen-bond acceptors (Lipinski definition) is 2. The van der Waals surface area contributed by atoms with Gasteiger partial charge in [0.2, 0.25) is 0 Å². The van der Waals surface area contributed by atoms with Gasteiger partial charge in [0, 0.05) is 17.2 Å². The molecule has 0 aromatic carbocycles. The van der Waals surface area contributed by atoms with Crippen molar-refractivity contribution in [1.29, 1.82) is 0 Å². The summed E-state index contributed by atoms with van der Waals surface area (Å²) in [5.74, 6) is 0.395. The van der Waals surface area contributed by atoms with Crippen LogP contribution < -0.4 is 5.32 Å². The summed E-state index contributed by atoms with van der Waals surface area (Å²) in [7, 11) is 0. The van der Waals surface area contributed by atoms with Crippen molar-refractivity contribution < 1.29 is 4.79 Å². The molecule has 1 heterocycles. The predicted octanol–water partition coefficient (Wildman–Crippen LogP) is 3.26. The molecule has 1 rings (SSSR count). The lowest BCUT2D eigenvalue weighted by molar-refractivity contribution is 0.0920. The van der Waals surface area contributed by atoms with E-state index < -0.39 is 0 Å². The Balaban J connectivity index is 2.59. The Morgan fingerprint density at radius 1 is 1.47 bits per heavy atom. The van der Waals surface area contributed by atoms with E-state index in [0.717, 1.165) is 4.47 Å². The van der Waals surface area contributed by atoms with Crippen molar-refractivity contribution in [1.82, 2.24) is 10.3 Å². The van der Waals surface area contributed by atoms with Gasteiger partial charge in [-0.15, -0.1) is 0 Å². The quantitative estimate of drug-likeness (QED) is 0.927. The molecule has 1 N–H and O–H groups in total. The van der Waals surface area contributed by atoms with Crippen LogP contribution >= 0.6 is 15.9 Å². The standard InChI is InChI=1S/C13H19BrN2O/c1-9(2)13(3,4)8-16-12(17)11-6-5-10(14)7-15-11/h5-7,9H,8H2,1-4H3,(H,16,17). The normalized spacial score (nSPS) is 11.6. The Morgan fingerprint density at radius 3 is 2.59 bits per heavy atom. The van der Waals surface area contributed by atoms with Crippen LogP contribution in [0.3, 0.4) is 0 Å². The second kappa shape index (κ2) is 5.63. The summed E-state index contributed by atoms with van der Waals surface area (Å²) in [6.07, 6.45) is 1.63. The molecule has 0 saturated heterocycles. The highest BCUT2D eigenvalue weighted by atomic mass is 79.9. The maximum absolute atomic E-state index is 11.8. The van der Waals surface area contributed by atoms with Gasteiger partial charge in [-0.25, -0.2) is 4.98 Å². The number of halogens is 1. The van der Waals surface area contributed by atoms with Gasteiger partial charge >= 0.3 is 0 Å². The molecule has 0 aliphatic carbocycles. The first-order valence-electron chi connectivity index (χ1n) is 5.72. The van der Waals surface area contributed by atoms with E-state index in [4.69, 9.17) is 0 Å². The van der Waals surface area contributed by atoms with E-state index in [1.807, 2.05) is 6.07 Å². The first-order valence-corrected chi connectivity index (χ1v) is 6.52. The van der Waals surface area contributed by atoms with Gasteiger partial charge in [-0.2, -0.15) is 0 Å². The molecule has 1 amide bonds. The first-order chi connectivity index (χ1) is 7.83. The summed E-state index contributed by atoms with van der Waals surface area (Å²) >= 11 is 3.29. The minimum absolute atomic E-state index is 0.0883.